The molecular weight excluding hydrogens is 508 g/mol. The van der Waals surface area contributed by atoms with Crippen LogP contribution in [0.1, 0.15) is 94.4 Å². The van der Waals surface area contributed by atoms with Crippen molar-refractivity contribution in [3.63, 3.8) is 0 Å². The molecule has 40 heavy (non-hydrogen) atoms. The third-order valence-electron chi connectivity index (χ3n) is 8.11. The number of esters is 1. The number of ether oxygens (including phenoxy) is 1. The number of piperidine rings is 1. The van der Waals surface area contributed by atoms with Crippen LogP contribution in [0.4, 0.5) is 0 Å². The zero-order valence-corrected chi connectivity index (χ0v) is 26.5. The van der Waals surface area contributed by atoms with Crippen molar-refractivity contribution in [2.45, 2.75) is 131 Å². The van der Waals surface area contributed by atoms with Crippen LogP contribution >= 0.6 is 0 Å². The number of hydrogen-bond acceptors (Lipinski definition) is 6. The second kappa shape index (κ2) is 15.0. The first kappa shape index (κ1) is 33.8. The summed E-state index contributed by atoms with van der Waals surface area (Å²) in [5, 5.41) is 3.08. The van der Waals surface area contributed by atoms with E-state index in [4.69, 9.17) is 4.74 Å². The highest BCUT2D eigenvalue weighted by molar-refractivity contribution is 5.96. The van der Waals surface area contributed by atoms with Gasteiger partial charge >= 0.3 is 5.97 Å². The maximum absolute atomic E-state index is 13.8. The molecule has 2 rings (SSSR count). The highest BCUT2D eigenvalue weighted by Gasteiger charge is 2.38. The number of likely N-dealkylation sites (tertiary alicyclic amines) is 2. The lowest BCUT2D eigenvalue weighted by atomic mass is 9.95. The van der Waals surface area contributed by atoms with Crippen LogP contribution in [0.3, 0.4) is 0 Å². The van der Waals surface area contributed by atoms with E-state index in [1.54, 1.807) is 37.6 Å². The van der Waals surface area contributed by atoms with E-state index >= 15 is 0 Å². The van der Waals surface area contributed by atoms with E-state index in [9.17, 15) is 19.2 Å². The summed E-state index contributed by atoms with van der Waals surface area (Å²) >= 11 is 0. The Hall–Kier alpha value is -2.42. The molecule has 2 heterocycles. The van der Waals surface area contributed by atoms with Crippen LogP contribution in [0.2, 0.25) is 0 Å². The standard InChI is InChI=1S/C31H54N4O5/c1-19(2)26(18-23(9)29(37)35-17-13-15-25(35)31(39)40-22(7)8)33(10)30(38)27(20(3)4)32-28(36)24-14-11-12-16-34(24)21(5)6/h18-22,24-27H,11-17H2,1-10H3,(H,32,36)/t24-,25+,26-,27+/m1/s1. The third-order valence-corrected chi connectivity index (χ3v) is 8.11. The zero-order valence-electron chi connectivity index (χ0n) is 26.5. The Kier molecular flexibility index (Phi) is 12.7. The fourth-order valence-corrected chi connectivity index (χ4v) is 5.85. The molecule has 0 aromatic rings. The topological polar surface area (TPSA) is 99.3 Å². The van der Waals surface area contributed by atoms with Crippen molar-refractivity contribution in [3.05, 3.63) is 11.6 Å². The number of nitrogens with zero attached hydrogens (tertiary/aromatic N) is 3. The Balaban J connectivity index is 2.21. The molecule has 2 aliphatic rings. The van der Waals surface area contributed by atoms with Crippen molar-refractivity contribution < 1.29 is 23.9 Å². The van der Waals surface area contributed by atoms with Crippen molar-refractivity contribution in [2.75, 3.05) is 20.1 Å². The summed E-state index contributed by atoms with van der Waals surface area (Å²) in [6.07, 6.45) is 5.79. The second-order valence-electron chi connectivity index (χ2n) is 12.7. The summed E-state index contributed by atoms with van der Waals surface area (Å²) in [5.41, 5.74) is 0.488. The number of hydrogen-bond donors (Lipinski definition) is 1. The Morgan fingerprint density at radius 3 is 2.05 bits per heavy atom. The van der Waals surface area contributed by atoms with Crippen LogP contribution < -0.4 is 5.32 Å². The highest BCUT2D eigenvalue weighted by Crippen LogP contribution is 2.24. The summed E-state index contributed by atoms with van der Waals surface area (Å²) in [4.78, 5) is 58.7. The molecule has 0 saturated carbocycles. The van der Waals surface area contributed by atoms with Crippen LogP contribution in [-0.2, 0) is 23.9 Å². The van der Waals surface area contributed by atoms with Crippen LogP contribution in [0.5, 0.6) is 0 Å². The minimum Gasteiger partial charge on any atom is -0.461 e. The monoisotopic (exact) mass is 562 g/mol. The smallest absolute Gasteiger partial charge is 0.329 e. The van der Waals surface area contributed by atoms with E-state index in [1.807, 2.05) is 33.8 Å². The number of rotatable bonds is 11. The van der Waals surface area contributed by atoms with Crippen LogP contribution in [0.15, 0.2) is 11.6 Å². The SMILES string of the molecule is CC(=C[C@H](C(C)C)N(C)C(=O)[C@@H](NC(=O)[C@H]1CCCCN1C(C)C)C(C)C)C(=O)N1CCC[C@H]1C(=O)OC(C)C. The van der Waals surface area contributed by atoms with Crippen molar-refractivity contribution in [1.82, 2.24) is 20.0 Å². The quantitative estimate of drug-likeness (QED) is 0.304. The molecule has 4 atom stereocenters. The Morgan fingerprint density at radius 2 is 1.50 bits per heavy atom. The van der Waals surface area contributed by atoms with E-state index in [2.05, 4.69) is 24.1 Å². The number of carbonyl (C=O) groups excluding carboxylic acids is 4. The summed E-state index contributed by atoms with van der Waals surface area (Å²) in [6.45, 7) is 18.8. The van der Waals surface area contributed by atoms with E-state index in [1.165, 1.54) is 0 Å². The van der Waals surface area contributed by atoms with Gasteiger partial charge in [0.2, 0.25) is 17.7 Å². The molecule has 0 bridgehead atoms. The number of amides is 3. The lowest BCUT2D eigenvalue weighted by Gasteiger charge is -2.39. The van der Waals surface area contributed by atoms with E-state index in [-0.39, 0.29) is 59.8 Å². The first-order valence-electron chi connectivity index (χ1n) is 15.2. The average Bonchev–Trinajstić information content (AvgIpc) is 3.38. The molecular formula is C31H54N4O5. The van der Waals surface area contributed by atoms with Gasteiger partial charge in [-0.2, -0.15) is 0 Å². The summed E-state index contributed by atoms with van der Waals surface area (Å²) < 4.78 is 5.38. The molecule has 0 aliphatic carbocycles. The van der Waals surface area contributed by atoms with E-state index < -0.39 is 12.1 Å². The number of likely N-dealkylation sites (N-methyl/N-ethyl adjacent to an activating group) is 1. The van der Waals surface area contributed by atoms with Gasteiger partial charge in [-0.3, -0.25) is 19.3 Å². The molecule has 9 heteroatoms. The van der Waals surface area contributed by atoms with Gasteiger partial charge in [-0.15, -0.1) is 0 Å². The van der Waals surface area contributed by atoms with Crippen molar-refractivity contribution >= 4 is 23.7 Å². The molecule has 0 aromatic heterocycles. The van der Waals surface area contributed by atoms with Gasteiger partial charge in [-0.05, 0) is 78.7 Å². The second-order valence-corrected chi connectivity index (χ2v) is 12.7. The van der Waals surface area contributed by atoms with Gasteiger partial charge in [0.1, 0.15) is 12.1 Å². The molecule has 0 aromatic carbocycles. The molecule has 1 N–H and O–H groups in total. The largest absolute Gasteiger partial charge is 0.461 e. The maximum Gasteiger partial charge on any atom is 0.329 e. The highest BCUT2D eigenvalue weighted by atomic mass is 16.5. The molecule has 0 radical (unpaired) electrons. The molecule has 2 aliphatic heterocycles. The fraction of sp³-hybridized carbons (Fsp3) is 0.806. The van der Waals surface area contributed by atoms with Gasteiger partial charge < -0.3 is 19.9 Å². The number of nitrogens with one attached hydrogen (secondary N) is 1. The molecule has 2 fully saturated rings. The molecule has 9 nitrogen and oxygen atoms in total. The minimum absolute atomic E-state index is 0.0234. The van der Waals surface area contributed by atoms with Gasteiger partial charge in [-0.25, -0.2) is 4.79 Å². The first-order valence-corrected chi connectivity index (χ1v) is 15.2. The summed E-state index contributed by atoms with van der Waals surface area (Å²) in [6, 6.07) is -1.59. The normalized spacial score (nSPS) is 22.1. The Bertz CT molecular complexity index is 929. The van der Waals surface area contributed by atoms with Gasteiger partial charge in [0.25, 0.3) is 0 Å². The van der Waals surface area contributed by atoms with Crippen LogP contribution in [0.25, 0.3) is 0 Å². The van der Waals surface area contributed by atoms with Gasteiger partial charge in [0.05, 0.1) is 18.2 Å². The predicted octanol–water partition coefficient (Wildman–Crippen LogP) is 3.76. The van der Waals surface area contributed by atoms with Crippen LogP contribution in [0, 0.1) is 11.8 Å². The predicted molar refractivity (Wildman–Crippen MR) is 157 cm³/mol. The molecule has 0 spiro atoms. The lowest BCUT2D eigenvalue weighted by Crippen LogP contribution is -2.58. The Morgan fingerprint density at radius 1 is 0.875 bits per heavy atom. The summed E-state index contributed by atoms with van der Waals surface area (Å²) in [7, 11) is 1.74. The molecule has 0 unspecified atom stereocenters. The first-order chi connectivity index (χ1) is 18.7. The maximum atomic E-state index is 13.8. The third kappa shape index (κ3) is 8.54. The van der Waals surface area contributed by atoms with E-state index in [0.29, 0.717) is 18.5 Å². The van der Waals surface area contributed by atoms with Crippen LogP contribution in [-0.4, -0.2) is 94.8 Å². The fourth-order valence-electron chi connectivity index (χ4n) is 5.85. The van der Waals surface area contributed by atoms with Crippen molar-refractivity contribution in [1.29, 1.82) is 0 Å². The lowest BCUT2D eigenvalue weighted by molar-refractivity contribution is -0.155. The molecule has 2 saturated heterocycles. The zero-order chi connectivity index (χ0) is 30.3. The van der Waals surface area contributed by atoms with Gasteiger partial charge in [-0.1, -0.05) is 40.2 Å². The van der Waals surface area contributed by atoms with Crippen molar-refractivity contribution in [3.8, 4) is 0 Å². The Labute approximate surface area is 242 Å². The average molecular weight is 563 g/mol. The van der Waals surface area contributed by atoms with Crippen molar-refractivity contribution in [2.24, 2.45) is 11.8 Å². The molecule has 228 valence electrons. The number of carbonyl (C=O) groups is 4. The minimum atomic E-state index is -0.673. The van der Waals surface area contributed by atoms with Gasteiger partial charge in [0, 0.05) is 25.2 Å². The van der Waals surface area contributed by atoms with E-state index in [0.717, 1.165) is 32.2 Å². The summed E-state index contributed by atoms with van der Waals surface area (Å²) in [5.74, 6) is -0.933. The molecule has 3 amide bonds. The van der Waals surface area contributed by atoms with Gasteiger partial charge in [0.15, 0.2) is 0 Å².